The molecule has 2 heteroatoms. The summed E-state index contributed by atoms with van der Waals surface area (Å²) in [5, 5.41) is 0.699. The summed E-state index contributed by atoms with van der Waals surface area (Å²) in [6, 6.07) is 0. The highest BCUT2D eigenvalue weighted by Crippen LogP contribution is 2.08. The van der Waals surface area contributed by atoms with E-state index in [1.54, 1.807) is 18.2 Å². The lowest BCUT2D eigenvalue weighted by atomic mass is 10.2. The van der Waals surface area contributed by atoms with Gasteiger partial charge in [0.1, 0.15) is 0 Å². The summed E-state index contributed by atoms with van der Waals surface area (Å²) in [6.45, 7) is 12.9. The van der Waals surface area contributed by atoms with E-state index in [0.29, 0.717) is 10.8 Å². The largest absolute Gasteiger partial charge is 0.289 e. The first-order chi connectivity index (χ1) is 7.69. The highest BCUT2D eigenvalue weighted by molar-refractivity contribution is 7.10. The van der Waals surface area contributed by atoms with Crippen molar-refractivity contribution >= 4 is 35.6 Å². The predicted molar refractivity (Wildman–Crippen MR) is 74.8 cm³/mol. The van der Waals surface area contributed by atoms with Gasteiger partial charge in [-0.25, -0.2) is 0 Å². The maximum absolute atomic E-state index is 12.1. The molecule has 0 aliphatic rings. The van der Waals surface area contributed by atoms with E-state index in [9.17, 15) is 4.79 Å². The molecule has 0 N–H and O–H groups in total. The number of rotatable bonds is 3. The molecule has 0 aliphatic heterocycles. The molecule has 0 amide bonds. The van der Waals surface area contributed by atoms with E-state index in [4.69, 9.17) is 0 Å². The van der Waals surface area contributed by atoms with Gasteiger partial charge in [-0.1, -0.05) is 44.0 Å². The van der Waals surface area contributed by atoms with E-state index in [2.05, 4.69) is 19.7 Å². The van der Waals surface area contributed by atoms with Crippen LogP contribution in [0.5, 0.6) is 0 Å². The summed E-state index contributed by atoms with van der Waals surface area (Å²) >= 11 is 1.52. The van der Waals surface area contributed by atoms with Gasteiger partial charge in [0.2, 0.25) is 0 Å². The lowest BCUT2D eigenvalue weighted by Gasteiger charge is -1.99. The van der Waals surface area contributed by atoms with Crippen molar-refractivity contribution in [3.8, 4) is 0 Å². The molecule has 1 heterocycles. The zero-order valence-electron chi connectivity index (χ0n) is 9.32. The van der Waals surface area contributed by atoms with Crippen LogP contribution >= 0.6 is 11.3 Å². The molecule has 1 rings (SSSR count). The summed E-state index contributed by atoms with van der Waals surface area (Å²) in [6.07, 6.45) is 8.59. The zero-order chi connectivity index (χ0) is 12.1. The summed E-state index contributed by atoms with van der Waals surface area (Å²) < 4.78 is 0.906. The van der Waals surface area contributed by atoms with Gasteiger partial charge >= 0.3 is 0 Å². The maximum atomic E-state index is 12.1. The van der Waals surface area contributed by atoms with Gasteiger partial charge in [0.15, 0.2) is 5.43 Å². The molecule has 0 saturated heterocycles. The van der Waals surface area contributed by atoms with Crippen LogP contribution < -0.4 is 15.2 Å². The topological polar surface area (TPSA) is 17.1 Å². The fourth-order valence-electron chi connectivity index (χ4n) is 1.45. The first kappa shape index (κ1) is 12.4. The molecule has 1 aromatic heterocycles. The Labute approximate surface area is 99.1 Å². The quantitative estimate of drug-likeness (QED) is 0.777. The second-order valence-electron chi connectivity index (χ2n) is 3.09. The van der Waals surface area contributed by atoms with Crippen molar-refractivity contribution in [2.45, 2.75) is 6.92 Å². The van der Waals surface area contributed by atoms with Crippen LogP contribution in [0.15, 0.2) is 30.6 Å². The van der Waals surface area contributed by atoms with Crippen molar-refractivity contribution in [2.24, 2.45) is 0 Å². The molecule has 0 saturated carbocycles. The Kier molecular flexibility index (Phi) is 4.20. The van der Waals surface area contributed by atoms with E-state index in [0.717, 1.165) is 9.41 Å². The average molecular weight is 230 g/mol. The third-order valence-corrected chi connectivity index (χ3v) is 3.37. The van der Waals surface area contributed by atoms with Gasteiger partial charge in [-0.15, -0.1) is 11.3 Å². The van der Waals surface area contributed by atoms with Crippen LogP contribution in [0.3, 0.4) is 0 Å². The number of hydrogen-bond acceptors (Lipinski definition) is 2. The second kappa shape index (κ2) is 5.42. The summed E-state index contributed by atoms with van der Waals surface area (Å²) in [5.41, 5.74) is 0.619. The van der Waals surface area contributed by atoms with Crippen molar-refractivity contribution in [3.63, 3.8) is 0 Å². The number of hydrogen-bond donors (Lipinski definition) is 0. The van der Waals surface area contributed by atoms with Crippen molar-refractivity contribution in [2.75, 3.05) is 0 Å². The molecule has 0 bridgehead atoms. The third-order valence-electron chi connectivity index (χ3n) is 2.19. The Morgan fingerprint density at radius 3 is 2.31 bits per heavy atom. The molecular formula is C14H14OS. The van der Waals surface area contributed by atoms with Crippen LogP contribution in [0.4, 0.5) is 0 Å². The smallest absolute Gasteiger partial charge is 0.195 e. The van der Waals surface area contributed by atoms with Crippen LogP contribution in [0, 0.1) is 0 Å². The first-order valence-electron chi connectivity index (χ1n) is 4.90. The molecular weight excluding hydrogens is 216 g/mol. The standard InChI is InChI=1S/C14H14OS/c1-5-9-13-11(7-3)14(15)10(6-2)12(8-4)16-13/h5-9H,1-2,4H2,3H3/b11-7+,13-9+. The van der Waals surface area contributed by atoms with Gasteiger partial charge in [0.05, 0.1) is 0 Å². The van der Waals surface area contributed by atoms with Crippen LogP contribution in [0.1, 0.15) is 17.4 Å². The van der Waals surface area contributed by atoms with Crippen LogP contribution in [-0.2, 0) is 0 Å². The van der Waals surface area contributed by atoms with Gasteiger partial charge in [-0.2, -0.15) is 0 Å². The highest BCUT2D eigenvalue weighted by atomic mass is 32.1. The summed E-state index contributed by atoms with van der Waals surface area (Å²) in [4.78, 5) is 13.0. The van der Waals surface area contributed by atoms with Gasteiger partial charge in [0, 0.05) is 20.2 Å². The van der Waals surface area contributed by atoms with Crippen molar-refractivity contribution in [1.82, 2.24) is 0 Å². The van der Waals surface area contributed by atoms with Crippen molar-refractivity contribution < 1.29 is 0 Å². The summed E-state index contributed by atoms with van der Waals surface area (Å²) in [5.74, 6) is 0. The molecule has 0 fully saturated rings. The Bertz CT molecular complexity index is 603. The zero-order valence-corrected chi connectivity index (χ0v) is 10.1. The van der Waals surface area contributed by atoms with E-state index in [1.165, 1.54) is 11.3 Å². The van der Waals surface area contributed by atoms with Gasteiger partial charge in [-0.3, -0.25) is 4.79 Å². The Morgan fingerprint density at radius 2 is 1.88 bits per heavy atom. The molecule has 16 heavy (non-hydrogen) atoms. The number of allylic oxidation sites excluding steroid dienone is 1. The van der Waals surface area contributed by atoms with Gasteiger partial charge < -0.3 is 0 Å². The molecule has 0 radical (unpaired) electrons. The van der Waals surface area contributed by atoms with Crippen LogP contribution in [0.2, 0.25) is 0 Å². The monoisotopic (exact) mass is 230 g/mol. The average Bonchev–Trinajstić information content (AvgIpc) is 2.29. The van der Waals surface area contributed by atoms with Gasteiger partial charge in [0.25, 0.3) is 0 Å². The minimum absolute atomic E-state index is 0.000694. The minimum atomic E-state index is -0.000694. The third kappa shape index (κ3) is 2.12. The molecule has 0 spiro atoms. The fourth-order valence-corrected chi connectivity index (χ4v) is 2.54. The lowest BCUT2D eigenvalue weighted by Crippen LogP contribution is -2.38. The Hall–Kier alpha value is -1.67. The molecule has 0 aromatic carbocycles. The van der Waals surface area contributed by atoms with Crippen molar-refractivity contribution in [1.29, 1.82) is 0 Å². The molecule has 1 nitrogen and oxygen atoms in total. The molecule has 0 atom stereocenters. The summed E-state index contributed by atoms with van der Waals surface area (Å²) in [7, 11) is 0. The van der Waals surface area contributed by atoms with Gasteiger partial charge in [-0.05, 0) is 13.0 Å². The lowest BCUT2D eigenvalue weighted by molar-refractivity contribution is 1.47. The minimum Gasteiger partial charge on any atom is -0.289 e. The Morgan fingerprint density at radius 1 is 1.19 bits per heavy atom. The SMILES string of the molecule is C=C/C=c1/sc(C=C)c(C=C)c(=O)/c1=C/C. The van der Waals surface area contributed by atoms with E-state index < -0.39 is 0 Å². The van der Waals surface area contributed by atoms with E-state index in [1.807, 2.05) is 19.1 Å². The maximum Gasteiger partial charge on any atom is 0.195 e. The fraction of sp³-hybridized carbons (Fsp3) is 0.0714. The van der Waals surface area contributed by atoms with E-state index in [-0.39, 0.29) is 5.43 Å². The normalized spacial score (nSPS) is 12.6. The second-order valence-corrected chi connectivity index (χ2v) is 4.17. The first-order valence-corrected chi connectivity index (χ1v) is 5.72. The van der Waals surface area contributed by atoms with Crippen molar-refractivity contribution in [3.05, 3.63) is 56.2 Å². The van der Waals surface area contributed by atoms with Crippen LogP contribution in [-0.4, -0.2) is 0 Å². The Balaban J connectivity index is 3.99. The molecule has 82 valence electrons. The molecule has 0 unspecified atom stereocenters. The van der Waals surface area contributed by atoms with Crippen LogP contribution in [0.25, 0.3) is 24.3 Å². The highest BCUT2D eigenvalue weighted by Gasteiger charge is 2.04. The van der Waals surface area contributed by atoms with E-state index >= 15 is 0 Å². The predicted octanol–water partition coefficient (Wildman–Crippen LogP) is 2.16. The molecule has 1 aromatic rings. The molecule has 0 aliphatic carbocycles.